The number of hydrogen-bond donors (Lipinski definition) is 0. The molecular formula is C17H15F3O2. The summed E-state index contributed by atoms with van der Waals surface area (Å²) in [5.41, 5.74) is 0.416. The molecule has 0 spiro atoms. The fourth-order valence-corrected chi connectivity index (χ4v) is 2.08. The van der Waals surface area contributed by atoms with E-state index >= 15 is 0 Å². The van der Waals surface area contributed by atoms with Crippen LogP contribution in [-0.4, -0.2) is 12.9 Å². The van der Waals surface area contributed by atoms with Crippen LogP contribution in [0.4, 0.5) is 13.2 Å². The normalized spacial score (nSPS) is 19.1. The molecular weight excluding hydrogens is 293 g/mol. The zero-order valence-corrected chi connectivity index (χ0v) is 12.1. The molecule has 1 aliphatic carbocycles. The molecule has 0 bridgehead atoms. The molecule has 22 heavy (non-hydrogen) atoms. The van der Waals surface area contributed by atoms with Crippen LogP contribution in [-0.2, 0) is 15.7 Å². The minimum atomic E-state index is -4.37. The first-order valence-electron chi connectivity index (χ1n) is 6.67. The number of alkyl halides is 3. The SMILES string of the molecule is COC1=CC(=O)C(C)C(/C=C/c2cccc(C(F)(F)F)c2)=C1. The van der Waals surface area contributed by atoms with E-state index in [2.05, 4.69) is 0 Å². The third-order valence-corrected chi connectivity index (χ3v) is 3.44. The van der Waals surface area contributed by atoms with Crippen LogP contribution >= 0.6 is 0 Å². The molecule has 2 nitrogen and oxygen atoms in total. The van der Waals surface area contributed by atoms with Crippen LogP contribution in [0.3, 0.4) is 0 Å². The molecule has 2 rings (SSSR count). The number of benzene rings is 1. The molecule has 0 amide bonds. The maximum Gasteiger partial charge on any atom is 0.416 e. The maximum atomic E-state index is 12.7. The molecule has 0 aromatic heterocycles. The summed E-state index contributed by atoms with van der Waals surface area (Å²) in [5.74, 6) is -0.00390. The van der Waals surface area contributed by atoms with E-state index in [1.54, 1.807) is 31.2 Å². The Morgan fingerprint density at radius 2 is 1.91 bits per heavy atom. The van der Waals surface area contributed by atoms with Crippen LogP contribution in [0, 0.1) is 5.92 Å². The second kappa shape index (κ2) is 6.22. The molecule has 0 saturated heterocycles. The third-order valence-electron chi connectivity index (χ3n) is 3.44. The molecule has 1 aromatic rings. The summed E-state index contributed by atoms with van der Waals surface area (Å²) in [6, 6.07) is 5.02. The van der Waals surface area contributed by atoms with E-state index in [9.17, 15) is 18.0 Å². The van der Waals surface area contributed by atoms with Gasteiger partial charge in [-0.1, -0.05) is 31.2 Å². The lowest BCUT2D eigenvalue weighted by atomic mass is 9.90. The van der Waals surface area contributed by atoms with Crippen molar-refractivity contribution in [3.8, 4) is 0 Å². The van der Waals surface area contributed by atoms with Gasteiger partial charge < -0.3 is 4.74 Å². The molecule has 0 aliphatic heterocycles. The van der Waals surface area contributed by atoms with Gasteiger partial charge in [0.05, 0.1) is 12.7 Å². The van der Waals surface area contributed by atoms with E-state index in [-0.39, 0.29) is 11.7 Å². The molecule has 1 aromatic carbocycles. The van der Waals surface area contributed by atoms with Gasteiger partial charge in [-0.25, -0.2) is 0 Å². The van der Waals surface area contributed by atoms with Gasteiger partial charge >= 0.3 is 6.18 Å². The molecule has 0 N–H and O–H groups in total. The Morgan fingerprint density at radius 3 is 2.55 bits per heavy atom. The standard InChI is InChI=1S/C17H15F3O2/c1-11-13(9-15(22-2)10-16(11)21)7-6-12-4-3-5-14(8-12)17(18,19)20/h3-11H,1-2H3/b7-6+. The van der Waals surface area contributed by atoms with E-state index in [1.807, 2.05) is 0 Å². The van der Waals surface area contributed by atoms with E-state index in [0.29, 0.717) is 16.9 Å². The summed E-state index contributed by atoms with van der Waals surface area (Å²) in [7, 11) is 1.46. The summed E-state index contributed by atoms with van der Waals surface area (Å²) in [6.07, 6.45) is 1.94. The van der Waals surface area contributed by atoms with Gasteiger partial charge in [0.15, 0.2) is 5.78 Å². The number of methoxy groups -OCH3 is 1. The Kier molecular flexibility index (Phi) is 4.54. The highest BCUT2D eigenvalue weighted by molar-refractivity contribution is 5.96. The van der Waals surface area contributed by atoms with Crippen molar-refractivity contribution in [3.05, 3.63) is 65.0 Å². The van der Waals surface area contributed by atoms with E-state index in [1.165, 1.54) is 19.3 Å². The number of allylic oxidation sites excluding steroid dienone is 4. The fraction of sp³-hybridized carbons (Fsp3) is 0.235. The number of hydrogen-bond acceptors (Lipinski definition) is 2. The van der Waals surface area contributed by atoms with Crippen LogP contribution in [0.1, 0.15) is 18.1 Å². The summed E-state index contributed by atoms with van der Waals surface area (Å²) in [4.78, 5) is 11.8. The van der Waals surface area contributed by atoms with Gasteiger partial charge in [-0.2, -0.15) is 13.2 Å². The van der Waals surface area contributed by atoms with Crippen LogP contribution in [0.2, 0.25) is 0 Å². The second-order valence-corrected chi connectivity index (χ2v) is 4.98. The van der Waals surface area contributed by atoms with Crippen molar-refractivity contribution >= 4 is 11.9 Å². The van der Waals surface area contributed by atoms with Gasteiger partial charge in [0.2, 0.25) is 0 Å². The average molecular weight is 308 g/mol. The molecule has 0 fully saturated rings. The number of carbonyl (C=O) groups is 1. The predicted molar refractivity (Wildman–Crippen MR) is 77.8 cm³/mol. The van der Waals surface area contributed by atoms with Crippen LogP contribution in [0.25, 0.3) is 6.08 Å². The molecule has 0 heterocycles. The number of rotatable bonds is 3. The van der Waals surface area contributed by atoms with Gasteiger partial charge in [-0.05, 0) is 29.3 Å². The lowest BCUT2D eigenvalue weighted by molar-refractivity contribution is -0.137. The second-order valence-electron chi connectivity index (χ2n) is 4.98. The highest BCUT2D eigenvalue weighted by Crippen LogP contribution is 2.30. The number of halogens is 3. The highest BCUT2D eigenvalue weighted by Gasteiger charge is 2.30. The molecule has 5 heteroatoms. The summed E-state index contributed by atoms with van der Waals surface area (Å²) < 4.78 is 43.0. The molecule has 1 aliphatic rings. The van der Waals surface area contributed by atoms with Crippen molar-refractivity contribution in [3.63, 3.8) is 0 Å². The predicted octanol–water partition coefficient (Wildman–Crippen LogP) is 4.39. The Morgan fingerprint density at radius 1 is 1.18 bits per heavy atom. The van der Waals surface area contributed by atoms with Crippen molar-refractivity contribution in [2.75, 3.05) is 7.11 Å². The largest absolute Gasteiger partial charge is 0.497 e. The lowest BCUT2D eigenvalue weighted by Crippen LogP contribution is -2.15. The van der Waals surface area contributed by atoms with E-state index < -0.39 is 11.7 Å². The van der Waals surface area contributed by atoms with E-state index in [4.69, 9.17) is 4.74 Å². The average Bonchev–Trinajstić information content (AvgIpc) is 2.48. The smallest absolute Gasteiger partial charge is 0.416 e. The van der Waals surface area contributed by atoms with Gasteiger partial charge in [-0.3, -0.25) is 4.79 Å². The van der Waals surface area contributed by atoms with Gasteiger partial charge in [-0.15, -0.1) is 0 Å². The first-order valence-corrected chi connectivity index (χ1v) is 6.67. The van der Waals surface area contributed by atoms with Crippen LogP contribution < -0.4 is 0 Å². The zero-order chi connectivity index (χ0) is 16.3. The minimum absolute atomic E-state index is 0.0944. The Balaban J connectivity index is 2.27. The zero-order valence-electron chi connectivity index (χ0n) is 12.1. The molecule has 1 atom stereocenters. The number of carbonyl (C=O) groups excluding carboxylic acids is 1. The van der Waals surface area contributed by atoms with Gasteiger partial charge in [0.1, 0.15) is 5.76 Å². The van der Waals surface area contributed by atoms with Crippen molar-refractivity contribution in [1.29, 1.82) is 0 Å². The third kappa shape index (κ3) is 3.67. The lowest BCUT2D eigenvalue weighted by Gasteiger charge is -2.16. The number of ether oxygens (including phenoxy) is 1. The Labute approximate surface area is 126 Å². The maximum absolute atomic E-state index is 12.7. The van der Waals surface area contributed by atoms with Gasteiger partial charge in [0.25, 0.3) is 0 Å². The van der Waals surface area contributed by atoms with Gasteiger partial charge in [0, 0.05) is 12.0 Å². The van der Waals surface area contributed by atoms with Crippen molar-refractivity contribution in [2.24, 2.45) is 5.92 Å². The minimum Gasteiger partial charge on any atom is -0.497 e. The molecule has 1 unspecified atom stereocenters. The van der Waals surface area contributed by atoms with E-state index in [0.717, 1.165) is 12.1 Å². The topological polar surface area (TPSA) is 26.3 Å². The first kappa shape index (κ1) is 16.1. The Bertz CT molecular complexity index is 667. The number of ketones is 1. The molecule has 0 radical (unpaired) electrons. The highest BCUT2D eigenvalue weighted by atomic mass is 19.4. The summed E-state index contributed by atoms with van der Waals surface area (Å²) in [5, 5.41) is 0. The monoisotopic (exact) mass is 308 g/mol. The summed E-state index contributed by atoms with van der Waals surface area (Å²) >= 11 is 0. The summed E-state index contributed by atoms with van der Waals surface area (Å²) in [6.45, 7) is 1.74. The Hall–Kier alpha value is -2.30. The quantitative estimate of drug-likeness (QED) is 0.827. The molecule has 0 saturated carbocycles. The van der Waals surface area contributed by atoms with Crippen molar-refractivity contribution in [1.82, 2.24) is 0 Å². The van der Waals surface area contributed by atoms with Crippen LogP contribution in [0.5, 0.6) is 0 Å². The first-order chi connectivity index (χ1) is 10.3. The van der Waals surface area contributed by atoms with Crippen molar-refractivity contribution < 1.29 is 22.7 Å². The fourth-order valence-electron chi connectivity index (χ4n) is 2.08. The van der Waals surface area contributed by atoms with Crippen molar-refractivity contribution in [2.45, 2.75) is 13.1 Å². The molecule has 116 valence electrons. The van der Waals surface area contributed by atoms with Crippen LogP contribution in [0.15, 0.2) is 53.8 Å².